The first-order chi connectivity index (χ1) is 9.56. The Morgan fingerprint density at radius 2 is 2.00 bits per heavy atom. The molecule has 0 fully saturated rings. The summed E-state index contributed by atoms with van der Waals surface area (Å²) >= 11 is 5.60. The van der Waals surface area contributed by atoms with Gasteiger partial charge in [0.25, 0.3) is 0 Å². The van der Waals surface area contributed by atoms with Crippen LogP contribution in [0.5, 0.6) is 5.75 Å². The van der Waals surface area contributed by atoms with Crippen LogP contribution < -0.4 is 4.74 Å². The summed E-state index contributed by atoms with van der Waals surface area (Å²) in [6, 6.07) is 11.3. The molecule has 0 unspecified atom stereocenters. The zero-order valence-electron chi connectivity index (χ0n) is 10.5. The molecule has 0 aliphatic heterocycles. The van der Waals surface area contributed by atoms with E-state index in [4.69, 9.17) is 21.4 Å². The van der Waals surface area contributed by atoms with Crippen LogP contribution in [-0.4, -0.2) is 11.1 Å². The molecule has 2 rings (SSSR count). The summed E-state index contributed by atoms with van der Waals surface area (Å²) in [6.07, 6.45) is -0.120. The zero-order chi connectivity index (χ0) is 14.5. The van der Waals surface area contributed by atoms with E-state index in [9.17, 15) is 9.18 Å². The maximum atomic E-state index is 13.3. The molecule has 0 aliphatic carbocycles. The molecule has 0 aliphatic rings. The molecule has 0 aromatic heterocycles. The van der Waals surface area contributed by atoms with Crippen LogP contribution in [0.25, 0.3) is 0 Å². The fourth-order valence-electron chi connectivity index (χ4n) is 1.74. The molecule has 0 amide bonds. The number of para-hydroxylation sites is 1. The largest absolute Gasteiger partial charge is 0.489 e. The summed E-state index contributed by atoms with van der Waals surface area (Å²) in [4.78, 5) is 10.8. The lowest BCUT2D eigenvalue weighted by molar-refractivity contribution is -0.136. The Kier molecular flexibility index (Phi) is 4.58. The quantitative estimate of drug-likeness (QED) is 0.915. The first kappa shape index (κ1) is 14.3. The number of carbonyl (C=O) groups is 1. The van der Waals surface area contributed by atoms with Gasteiger partial charge in [0.05, 0.1) is 11.4 Å². The minimum Gasteiger partial charge on any atom is -0.489 e. The Morgan fingerprint density at radius 3 is 2.70 bits per heavy atom. The summed E-state index contributed by atoms with van der Waals surface area (Å²) in [7, 11) is 0. The maximum absolute atomic E-state index is 13.3. The molecule has 3 nitrogen and oxygen atoms in total. The molecule has 0 heterocycles. The summed E-state index contributed by atoms with van der Waals surface area (Å²) in [6.45, 7) is 0.144. The molecule has 0 bridgehead atoms. The van der Waals surface area contributed by atoms with Crippen molar-refractivity contribution >= 4 is 17.6 Å². The number of rotatable bonds is 5. The molecular formula is C15H12ClFO3. The van der Waals surface area contributed by atoms with Gasteiger partial charge in [0.1, 0.15) is 18.2 Å². The van der Waals surface area contributed by atoms with Gasteiger partial charge in [-0.05, 0) is 23.8 Å². The van der Waals surface area contributed by atoms with Crippen molar-refractivity contribution in [3.8, 4) is 5.75 Å². The van der Waals surface area contributed by atoms with Crippen LogP contribution in [0.4, 0.5) is 4.39 Å². The van der Waals surface area contributed by atoms with Crippen LogP contribution >= 0.6 is 11.6 Å². The van der Waals surface area contributed by atoms with Crippen LogP contribution in [0.1, 0.15) is 11.1 Å². The van der Waals surface area contributed by atoms with Gasteiger partial charge in [0.15, 0.2) is 0 Å². The van der Waals surface area contributed by atoms with Gasteiger partial charge in [0.2, 0.25) is 0 Å². The van der Waals surface area contributed by atoms with E-state index in [1.54, 1.807) is 30.3 Å². The minimum atomic E-state index is -0.932. The van der Waals surface area contributed by atoms with Crippen molar-refractivity contribution in [3.05, 3.63) is 64.4 Å². The highest BCUT2D eigenvalue weighted by Gasteiger charge is 2.08. The lowest BCUT2D eigenvalue weighted by atomic mass is 10.1. The van der Waals surface area contributed by atoms with Crippen LogP contribution in [-0.2, 0) is 17.8 Å². The molecule has 0 saturated heterocycles. The van der Waals surface area contributed by atoms with Crippen molar-refractivity contribution in [3.63, 3.8) is 0 Å². The number of carboxylic acid groups (broad SMARTS) is 1. The average molecular weight is 295 g/mol. The third-order valence-electron chi connectivity index (χ3n) is 2.69. The highest BCUT2D eigenvalue weighted by molar-refractivity contribution is 6.30. The van der Waals surface area contributed by atoms with Gasteiger partial charge in [-0.15, -0.1) is 0 Å². The van der Waals surface area contributed by atoms with E-state index in [1.807, 2.05) is 0 Å². The number of aliphatic carboxylic acids is 1. The third kappa shape index (κ3) is 3.71. The van der Waals surface area contributed by atoms with Crippen LogP contribution in [0.3, 0.4) is 0 Å². The van der Waals surface area contributed by atoms with Gasteiger partial charge in [-0.25, -0.2) is 4.39 Å². The topological polar surface area (TPSA) is 46.5 Å². The number of halogens is 2. The van der Waals surface area contributed by atoms with E-state index >= 15 is 0 Å². The van der Waals surface area contributed by atoms with Crippen molar-refractivity contribution in [1.82, 2.24) is 0 Å². The molecule has 0 atom stereocenters. The number of benzene rings is 2. The highest BCUT2D eigenvalue weighted by Crippen LogP contribution is 2.21. The average Bonchev–Trinajstić information content (AvgIpc) is 2.41. The first-order valence-corrected chi connectivity index (χ1v) is 6.30. The van der Waals surface area contributed by atoms with E-state index in [2.05, 4.69) is 0 Å². The number of hydrogen-bond acceptors (Lipinski definition) is 2. The van der Waals surface area contributed by atoms with Gasteiger partial charge >= 0.3 is 5.97 Å². The molecule has 0 saturated carbocycles. The van der Waals surface area contributed by atoms with Crippen LogP contribution in [0.2, 0.25) is 5.02 Å². The summed E-state index contributed by atoms with van der Waals surface area (Å²) in [5.74, 6) is -0.963. The highest BCUT2D eigenvalue weighted by atomic mass is 35.5. The molecular weight excluding hydrogens is 283 g/mol. The molecule has 5 heteroatoms. The number of carboxylic acids is 1. The van der Waals surface area contributed by atoms with Crippen molar-refractivity contribution in [2.45, 2.75) is 13.0 Å². The molecule has 2 aromatic rings. The maximum Gasteiger partial charge on any atom is 0.307 e. The Hall–Kier alpha value is -2.07. The van der Waals surface area contributed by atoms with Gasteiger partial charge in [-0.1, -0.05) is 35.9 Å². The predicted octanol–water partition coefficient (Wildman–Crippen LogP) is 3.69. The van der Waals surface area contributed by atoms with Gasteiger partial charge < -0.3 is 9.84 Å². The van der Waals surface area contributed by atoms with E-state index in [-0.39, 0.29) is 18.1 Å². The van der Waals surface area contributed by atoms with Gasteiger partial charge in [0, 0.05) is 5.56 Å². The molecule has 2 aromatic carbocycles. The van der Waals surface area contributed by atoms with E-state index in [1.165, 1.54) is 12.1 Å². The summed E-state index contributed by atoms with van der Waals surface area (Å²) in [5, 5.41) is 8.88. The zero-order valence-corrected chi connectivity index (χ0v) is 11.2. The van der Waals surface area contributed by atoms with E-state index in [0.29, 0.717) is 16.9 Å². The van der Waals surface area contributed by atoms with Crippen molar-refractivity contribution in [2.24, 2.45) is 0 Å². The smallest absolute Gasteiger partial charge is 0.307 e. The second-order valence-corrected chi connectivity index (χ2v) is 4.62. The molecule has 20 heavy (non-hydrogen) atoms. The second kappa shape index (κ2) is 6.39. The second-order valence-electron chi connectivity index (χ2n) is 4.22. The normalized spacial score (nSPS) is 10.3. The van der Waals surface area contributed by atoms with Crippen molar-refractivity contribution in [2.75, 3.05) is 0 Å². The predicted molar refractivity (Wildman–Crippen MR) is 73.5 cm³/mol. The first-order valence-electron chi connectivity index (χ1n) is 5.92. The number of ether oxygens (including phenoxy) is 1. The molecule has 0 radical (unpaired) electrons. The monoisotopic (exact) mass is 294 g/mol. The number of hydrogen-bond donors (Lipinski definition) is 1. The van der Waals surface area contributed by atoms with Crippen molar-refractivity contribution < 1.29 is 19.0 Å². The Balaban J connectivity index is 2.10. The standard InChI is InChI=1S/C15H12ClFO3/c16-12-6-5-10(7-13(12)17)9-20-14-4-2-1-3-11(14)8-15(18)19/h1-7H,8-9H2,(H,18,19). The lowest BCUT2D eigenvalue weighted by Crippen LogP contribution is -2.04. The Bertz CT molecular complexity index is 628. The molecule has 0 spiro atoms. The molecule has 104 valence electrons. The minimum absolute atomic E-state index is 0.0556. The van der Waals surface area contributed by atoms with Crippen molar-refractivity contribution in [1.29, 1.82) is 0 Å². The third-order valence-corrected chi connectivity index (χ3v) is 3.00. The van der Waals surface area contributed by atoms with E-state index < -0.39 is 11.8 Å². The van der Waals surface area contributed by atoms with Crippen LogP contribution in [0.15, 0.2) is 42.5 Å². The molecule has 1 N–H and O–H groups in total. The fourth-order valence-corrected chi connectivity index (χ4v) is 1.86. The summed E-state index contributed by atoms with van der Waals surface area (Å²) in [5.41, 5.74) is 1.20. The van der Waals surface area contributed by atoms with Crippen LogP contribution in [0, 0.1) is 5.82 Å². The Labute approximate surface area is 120 Å². The Morgan fingerprint density at radius 1 is 1.25 bits per heavy atom. The van der Waals surface area contributed by atoms with Gasteiger partial charge in [-0.2, -0.15) is 0 Å². The van der Waals surface area contributed by atoms with Gasteiger partial charge in [-0.3, -0.25) is 4.79 Å². The fraction of sp³-hybridized carbons (Fsp3) is 0.133. The lowest BCUT2D eigenvalue weighted by Gasteiger charge is -2.10. The summed E-state index contributed by atoms with van der Waals surface area (Å²) < 4.78 is 18.8. The SMILES string of the molecule is O=C(O)Cc1ccccc1OCc1ccc(Cl)c(F)c1. The van der Waals surface area contributed by atoms with E-state index in [0.717, 1.165) is 0 Å².